The number of hydrogen-bond donors (Lipinski definition) is 4. The van der Waals surface area contributed by atoms with Crippen LogP contribution in [-0.4, -0.2) is 72.5 Å². The third kappa shape index (κ3) is 9.97. The van der Waals surface area contributed by atoms with Crippen molar-refractivity contribution in [2.75, 3.05) is 32.7 Å². The fourth-order valence-electron chi connectivity index (χ4n) is 4.18. The van der Waals surface area contributed by atoms with Crippen molar-refractivity contribution in [3.63, 3.8) is 0 Å². The normalized spacial score (nSPS) is 13.0. The molecule has 0 unspecified atom stereocenters. The molecule has 0 aliphatic carbocycles. The zero-order valence-electron chi connectivity index (χ0n) is 23.6. The summed E-state index contributed by atoms with van der Waals surface area (Å²) >= 11 is 0. The van der Waals surface area contributed by atoms with E-state index in [1.807, 2.05) is 60.7 Å². The third-order valence-corrected chi connectivity index (χ3v) is 6.53. The summed E-state index contributed by atoms with van der Waals surface area (Å²) in [5, 5.41) is 15.0. The molecule has 3 aromatic rings. The smallest absolute Gasteiger partial charge is 0.414 e. The minimum Gasteiger partial charge on any atom is -0.461 e. The maximum absolute atomic E-state index is 12.9. The van der Waals surface area contributed by atoms with Crippen molar-refractivity contribution < 1.29 is 28.7 Å². The lowest BCUT2D eigenvalue weighted by Gasteiger charge is -2.35. The predicted octanol–water partition coefficient (Wildman–Crippen LogP) is 2.67. The Morgan fingerprint density at radius 2 is 1.30 bits per heavy atom. The second kappa shape index (κ2) is 15.7. The van der Waals surface area contributed by atoms with E-state index in [0.29, 0.717) is 31.7 Å². The zero-order valence-corrected chi connectivity index (χ0v) is 23.6. The fraction of sp³-hybridized carbons (Fsp3) is 0.258. The summed E-state index contributed by atoms with van der Waals surface area (Å²) < 4.78 is 10.4. The van der Waals surface area contributed by atoms with E-state index in [0.717, 1.165) is 11.1 Å². The van der Waals surface area contributed by atoms with Crippen LogP contribution in [0.1, 0.15) is 38.3 Å². The van der Waals surface area contributed by atoms with Gasteiger partial charge in [0.2, 0.25) is 5.96 Å². The Bertz CT molecular complexity index is 1410. The number of hydrogen-bond acceptors (Lipinski definition) is 8. The van der Waals surface area contributed by atoms with Crippen LogP contribution in [0.3, 0.4) is 0 Å². The summed E-state index contributed by atoms with van der Waals surface area (Å²) in [6, 6.07) is 24.8. The highest BCUT2D eigenvalue weighted by molar-refractivity contribution is 5.99. The lowest BCUT2D eigenvalue weighted by Crippen LogP contribution is -2.57. The fourth-order valence-corrected chi connectivity index (χ4v) is 4.18. The molecule has 0 bridgehead atoms. The van der Waals surface area contributed by atoms with Crippen molar-refractivity contribution >= 4 is 29.8 Å². The molecule has 0 atom stereocenters. The van der Waals surface area contributed by atoms with Crippen molar-refractivity contribution in [3.05, 3.63) is 107 Å². The molecule has 1 aliphatic rings. The topological polar surface area (TPSA) is 153 Å². The summed E-state index contributed by atoms with van der Waals surface area (Å²) in [6.07, 6.45) is -0.691. The number of benzene rings is 3. The molecule has 4 rings (SSSR count). The number of nitrogens with one attached hydrogen (secondary N) is 4. The maximum Gasteiger partial charge on any atom is 0.414 e. The Morgan fingerprint density at radius 1 is 0.721 bits per heavy atom. The van der Waals surface area contributed by atoms with Gasteiger partial charge in [-0.2, -0.15) is 0 Å². The van der Waals surface area contributed by atoms with Gasteiger partial charge in [-0.15, -0.1) is 0 Å². The number of ether oxygens (including phenoxy) is 2. The molecular weight excluding hydrogens is 552 g/mol. The molecule has 0 aromatic heterocycles. The number of esters is 1. The van der Waals surface area contributed by atoms with E-state index in [1.54, 1.807) is 28.1 Å². The molecule has 12 nitrogen and oxygen atoms in total. The van der Waals surface area contributed by atoms with Crippen molar-refractivity contribution in [3.8, 4) is 0 Å². The van der Waals surface area contributed by atoms with Crippen molar-refractivity contribution in [2.45, 2.75) is 19.6 Å². The Balaban J connectivity index is 1.15. The number of carbonyl (C=O) groups excluding carboxylic acids is 4. The van der Waals surface area contributed by atoms with Gasteiger partial charge in [0.1, 0.15) is 13.2 Å². The van der Waals surface area contributed by atoms with Crippen LogP contribution >= 0.6 is 0 Å². The molecule has 0 radical (unpaired) electrons. The second-order valence-corrected chi connectivity index (χ2v) is 9.68. The lowest BCUT2D eigenvalue weighted by molar-refractivity contribution is -0.144. The first-order valence-electron chi connectivity index (χ1n) is 13.8. The molecular formula is C31H34N6O6. The third-order valence-electron chi connectivity index (χ3n) is 6.53. The van der Waals surface area contributed by atoms with Crippen LogP contribution in [-0.2, 0) is 27.5 Å². The van der Waals surface area contributed by atoms with E-state index in [2.05, 4.69) is 16.1 Å². The Morgan fingerprint density at radius 3 is 1.93 bits per heavy atom. The van der Waals surface area contributed by atoms with E-state index in [4.69, 9.17) is 14.9 Å². The molecule has 0 saturated carbocycles. The summed E-state index contributed by atoms with van der Waals surface area (Å²) in [7, 11) is 0. The maximum atomic E-state index is 12.9. The van der Waals surface area contributed by atoms with E-state index < -0.39 is 18.0 Å². The monoisotopic (exact) mass is 586 g/mol. The standard InChI is InChI=1S/C31H34N6O6/c32-30(34-31(41)43-22-24-10-5-2-6-11-24)36-16-18-37(19-17-36)35-29(40)26-13-7-12-25(20-26)28(39)33-15-14-27(38)42-21-23-8-3-1-4-9-23/h1-13,20H,14-19,21-22H2,(H,33,39)(H,35,40)(H2,32,34,41). The van der Waals surface area contributed by atoms with Gasteiger partial charge in [-0.3, -0.25) is 30.5 Å². The summed E-state index contributed by atoms with van der Waals surface area (Å²) in [5.41, 5.74) is 5.13. The molecule has 1 aliphatic heterocycles. The van der Waals surface area contributed by atoms with Crippen LogP contribution in [0.2, 0.25) is 0 Å². The number of alkyl carbamates (subject to hydrolysis) is 1. The highest BCUT2D eigenvalue weighted by Gasteiger charge is 2.22. The largest absolute Gasteiger partial charge is 0.461 e. The molecule has 3 aromatic carbocycles. The van der Waals surface area contributed by atoms with Gasteiger partial charge in [0.25, 0.3) is 11.8 Å². The molecule has 43 heavy (non-hydrogen) atoms. The summed E-state index contributed by atoms with van der Waals surface area (Å²) in [6.45, 7) is 1.99. The molecule has 1 fully saturated rings. The van der Waals surface area contributed by atoms with Crippen LogP contribution in [0, 0.1) is 5.41 Å². The number of amides is 3. The minimum absolute atomic E-state index is 0.0204. The van der Waals surface area contributed by atoms with Crippen LogP contribution in [0.15, 0.2) is 84.9 Å². The Labute approximate surface area is 249 Å². The molecule has 12 heteroatoms. The molecule has 4 N–H and O–H groups in total. The lowest BCUT2D eigenvalue weighted by atomic mass is 10.1. The van der Waals surface area contributed by atoms with Gasteiger partial charge in [0, 0.05) is 43.9 Å². The summed E-state index contributed by atoms with van der Waals surface area (Å²) in [4.78, 5) is 51.2. The van der Waals surface area contributed by atoms with Gasteiger partial charge in [0.05, 0.1) is 6.42 Å². The van der Waals surface area contributed by atoms with Gasteiger partial charge in [-0.1, -0.05) is 66.7 Å². The number of piperazine rings is 1. The second-order valence-electron chi connectivity index (χ2n) is 9.68. The zero-order chi connectivity index (χ0) is 30.4. The van der Waals surface area contributed by atoms with Crippen LogP contribution in [0.25, 0.3) is 0 Å². The van der Waals surface area contributed by atoms with E-state index in [1.165, 1.54) is 6.07 Å². The van der Waals surface area contributed by atoms with Gasteiger partial charge < -0.3 is 19.7 Å². The Hall–Kier alpha value is -5.23. The quantitative estimate of drug-likeness (QED) is 0.161. The van der Waals surface area contributed by atoms with Crippen LogP contribution in [0.4, 0.5) is 4.79 Å². The van der Waals surface area contributed by atoms with Crippen LogP contribution < -0.4 is 16.1 Å². The van der Waals surface area contributed by atoms with Crippen LogP contribution in [0.5, 0.6) is 0 Å². The average Bonchev–Trinajstić information content (AvgIpc) is 3.04. The van der Waals surface area contributed by atoms with Crippen molar-refractivity contribution in [2.24, 2.45) is 0 Å². The molecule has 224 valence electrons. The number of hydrazine groups is 1. The van der Waals surface area contributed by atoms with E-state index in [9.17, 15) is 19.2 Å². The average molecular weight is 587 g/mol. The number of nitrogens with zero attached hydrogens (tertiary/aromatic N) is 2. The van der Waals surface area contributed by atoms with E-state index in [-0.39, 0.29) is 43.6 Å². The number of carbonyl (C=O) groups is 4. The highest BCUT2D eigenvalue weighted by atomic mass is 16.5. The van der Waals surface area contributed by atoms with Crippen molar-refractivity contribution in [1.29, 1.82) is 5.41 Å². The number of rotatable bonds is 10. The van der Waals surface area contributed by atoms with E-state index >= 15 is 0 Å². The predicted molar refractivity (Wildman–Crippen MR) is 158 cm³/mol. The minimum atomic E-state index is -0.712. The SMILES string of the molecule is N=C(NC(=O)OCc1ccccc1)N1CCN(NC(=O)c2cccc(C(=O)NCCC(=O)OCc3ccccc3)c2)CC1. The molecule has 0 spiro atoms. The molecule has 1 heterocycles. The Kier molecular flexibility index (Phi) is 11.2. The molecule has 1 saturated heterocycles. The summed E-state index contributed by atoms with van der Waals surface area (Å²) in [5.74, 6) is -1.30. The van der Waals surface area contributed by atoms with Gasteiger partial charge in [0.15, 0.2) is 0 Å². The van der Waals surface area contributed by atoms with Gasteiger partial charge in [-0.25, -0.2) is 9.80 Å². The first-order valence-corrected chi connectivity index (χ1v) is 13.8. The first-order chi connectivity index (χ1) is 20.9. The first kappa shape index (κ1) is 30.7. The highest BCUT2D eigenvalue weighted by Crippen LogP contribution is 2.08. The number of guanidine groups is 1. The molecule has 3 amide bonds. The van der Waals surface area contributed by atoms with Crippen molar-refractivity contribution in [1.82, 2.24) is 26.0 Å². The van der Waals surface area contributed by atoms with Gasteiger partial charge in [-0.05, 0) is 29.3 Å². The van der Waals surface area contributed by atoms with Gasteiger partial charge >= 0.3 is 12.1 Å².